The number of amides is 1. The Morgan fingerprint density at radius 2 is 1.87 bits per heavy atom. The number of hydrogen-bond acceptors (Lipinski definition) is 4. The summed E-state index contributed by atoms with van der Waals surface area (Å²) in [6, 6.07) is 9.59. The summed E-state index contributed by atoms with van der Waals surface area (Å²) in [6.45, 7) is 3.81. The molecule has 0 aliphatic heterocycles. The Kier molecular flexibility index (Phi) is 6.72. The highest BCUT2D eigenvalue weighted by molar-refractivity contribution is 5.79. The average Bonchev–Trinajstić information content (AvgIpc) is 3.22. The maximum atomic E-state index is 13.0. The molecular weight excluding hydrogens is 414 g/mol. The predicted molar refractivity (Wildman–Crippen MR) is 105 cm³/mol. The molecule has 0 saturated carbocycles. The Morgan fingerprint density at radius 3 is 2.52 bits per heavy atom. The number of alkyl halides is 3. The fourth-order valence-corrected chi connectivity index (χ4v) is 3.01. The second-order valence-corrected chi connectivity index (χ2v) is 7.27. The van der Waals surface area contributed by atoms with E-state index in [0.29, 0.717) is 12.0 Å². The Morgan fingerprint density at radius 1 is 1.16 bits per heavy atom. The molecule has 5 nitrogen and oxygen atoms in total. The van der Waals surface area contributed by atoms with Gasteiger partial charge in [0.1, 0.15) is 11.9 Å². The van der Waals surface area contributed by atoms with Gasteiger partial charge in [-0.1, -0.05) is 49.7 Å². The van der Waals surface area contributed by atoms with Gasteiger partial charge in [0.15, 0.2) is 0 Å². The fourth-order valence-electron chi connectivity index (χ4n) is 3.01. The Labute approximate surface area is 176 Å². The van der Waals surface area contributed by atoms with Gasteiger partial charge in [-0.15, -0.1) is 0 Å². The molecule has 0 unspecified atom stereocenters. The molecule has 0 fully saturated rings. The minimum Gasteiger partial charge on any atom is -0.344 e. The SMILES string of the molecule is CC[C@@H](C)[C@@H](NC(=O)Cc1ccc(F)cc1)c1nc(-c2cccc(C(F)(F)F)c2)no1. The number of halogens is 4. The number of benzene rings is 2. The van der Waals surface area contributed by atoms with Crippen LogP contribution in [0.3, 0.4) is 0 Å². The van der Waals surface area contributed by atoms with Crippen LogP contribution in [0.25, 0.3) is 11.4 Å². The third-order valence-corrected chi connectivity index (χ3v) is 4.96. The van der Waals surface area contributed by atoms with Crippen LogP contribution in [0.2, 0.25) is 0 Å². The van der Waals surface area contributed by atoms with Crippen molar-refractivity contribution < 1.29 is 26.9 Å². The van der Waals surface area contributed by atoms with Gasteiger partial charge in [-0.05, 0) is 35.7 Å². The highest BCUT2D eigenvalue weighted by atomic mass is 19.4. The van der Waals surface area contributed by atoms with E-state index >= 15 is 0 Å². The summed E-state index contributed by atoms with van der Waals surface area (Å²) < 4.78 is 57.3. The van der Waals surface area contributed by atoms with Gasteiger partial charge in [0.05, 0.1) is 12.0 Å². The zero-order valence-corrected chi connectivity index (χ0v) is 16.9. The van der Waals surface area contributed by atoms with Gasteiger partial charge >= 0.3 is 6.18 Å². The van der Waals surface area contributed by atoms with E-state index in [4.69, 9.17) is 4.52 Å². The topological polar surface area (TPSA) is 68.0 Å². The second kappa shape index (κ2) is 9.28. The second-order valence-electron chi connectivity index (χ2n) is 7.27. The zero-order chi connectivity index (χ0) is 22.6. The standard InChI is InChI=1S/C22H21F4N3O2/c1-3-13(2)19(27-18(30)11-14-7-9-17(23)10-8-14)21-28-20(29-31-21)15-5-4-6-16(12-15)22(24,25)26/h4-10,12-13,19H,3,11H2,1-2H3,(H,27,30)/t13-,19-/m1/s1. The third-order valence-electron chi connectivity index (χ3n) is 4.96. The Hall–Kier alpha value is -3.23. The summed E-state index contributed by atoms with van der Waals surface area (Å²) in [5.74, 6) is -0.686. The predicted octanol–water partition coefficient (Wildman–Crippen LogP) is 5.34. The normalized spacial score (nSPS) is 13.6. The molecule has 1 amide bonds. The van der Waals surface area contributed by atoms with Crippen LogP contribution in [0.5, 0.6) is 0 Å². The summed E-state index contributed by atoms with van der Waals surface area (Å²) in [5, 5.41) is 6.64. The van der Waals surface area contributed by atoms with Gasteiger partial charge < -0.3 is 9.84 Å². The molecule has 3 aromatic rings. The monoisotopic (exact) mass is 435 g/mol. The van der Waals surface area contributed by atoms with Gasteiger partial charge in [-0.3, -0.25) is 4.79 Å². The number of rotatable bonds is 7. The molecule has 0 aliphatic rings. The molecule has 3 rings (SSSR count). The van der Waals surface area contributed by atoms with Crippen molar-refractivity contribution >= 4 is 5.91 Å². The van der Waals surface area contributed by atoms with Crippen LogP contribution >= 0.6 is 0 Å². The van der Waals surface area contributed by atoms with Crippen molar-refractivity contribution in [3.8, 4) is 11.4 Å². The van der Waals surface area contributed by atoms with E-state index in [9.17, 15) is 22.4 Å². The van der Waals surface area contributed by atoms with E-state index < -0.39 is 23.6 Å². The highest BCUT2D eigenvalue weighted by Gasteiger charge is 2.31. The van der Waals surface area contributed by atoms with Crippen LogP contribution in [0.4, 0.5) is 17.6 Å². The third kappa shape index (κ3) is 5.68. The molecule has 31 heavy (non-hydrogen) atoms. The first-order chi connectivity index (χ1) is 14.7. The van der Waals surface area contributed by atoms with Crippen molar-refractivity contribution in [2.24, 2.45) is 5.92 Å². The number of hydrogen-bond donors (Lipinski definition) is 1. The van der Waals surface area contributed by atoms with Crippen LogP contribution in [-0.2, 0) is 17.4 Å². The first-order valence-corrected chi connectivity index (χ1v) is 9.72. The van der Waals surface area contributed by atoms with E-state index in [-0.39, 0.29) is 35.5 Å². The van der Waals surface area contributed by atoms with E-state index in [1.807, 2.05) is 13.8 Å². The maximum Gasteiger partial charge on any atom is 0.416 e. The lowest BCUT2D eigenvalue weighted by atomic mass is 9.98. The van der Waals surface area contributed by atoms with Gasteiger partial charge in [0.2, 0.25) is 17.6 Å². The van der Waals surface area contributed by atoms with Crippen LogP contribution in [0.1, 0.15) is 43.3 Å². The lowest BCUT2D eigenvalue weighted by Crippen LogP contribution is -2.33. The summed E-state index contributed by atoms with van der Waals surface area (Å²) in [6.07, 6.45) is -3.78. The van der Waals surface area contributed by atoms with Crippen LogP contribution < -0.4 is 5.32 Å². The largest absolute Gasteiger partial charge is 0.416 e. The number of nitrogens with zero attached hydrogens (tertiary/aromatic N) is 2. The van der Waals surface area contributed by atoms with Crippen molar-refractivity contribution in [2.75, 3.05) is 0 Å². The van der Waals surface area contributed by atoms with Crippen molar-refractivity contribution in [1.29, 1.82) is 0 Å². The average molecular weight is 435 g/mol. The summed E-state index contributed by atoms with van der Waals surface area (Å²) in [4.78, 5) is 16.7. The van der Waals surface area contributed by atoms with Crippen molar-refractivity contribution in [2.45, 2.75) is 38.9 Å². The molecule has 0 radical (unpaired) electrons. The van der Waals surface area contributed by atoms with Crippen LogP contribution in [0, 0.1) is 11.7 Å². The van der Waals surface area contributed by atoms with Crippen molar-refractivity contribution in [3.05, 3.63) is 71.4 Å². The maximum absolute atomic E-state index is 13.0. The molecule has 0 aliphatic carbocycles. The number of nitrogens with one attached hydrogen (secondary N) is 1. The molecule has 0 bridgehead atoms. The summed E-state index contributed by atoms with van der Waals surface area (Å²) in [5.41, 5.74) is -0.0234. The number of carbonyl (C=O) groups excluding carboxylic acids is 1. The molecule has 1 aromatic heterocycles. The van der Waals surface area contributed by atoms with E-state index in [0.717, 1.165) is 12.1 Å². The zero-order valence-electron chi connectivity index (χ0n) is 16.9. The molecule has 164 valence electrons. The van der Waals surface area contributed by atoms with Gasteiger partial charge in [0, 0.05) is 5.56 Å². The minimum atomic E-state index is -4.49. The Bertz CT molecular complexity index is 1030. The Balaban J connectivity index is 1.80. The summed E-state index contributed by atoms with van der Waals surface area (Å²) in [7, 11) is 0. The molecular formula is C22H21F4N3O2. The lowest BCUT2D eigenvalue weighted by Gasteiger charge is -2.20. The molecule has 2 atom stereocenters. The minimum absolute atomic E-state index is 0.00202. The van der Waals surface area contributed by atoms with Crippen molar-refractivity contribution in [3.63, 3.8) is 0 Å². The van der Waals surface area contributed by atoms with Crippen molar-refractivity contribution in [1.82, 2.24) is 15.5 Å². The molecule has 0 spiro atoms. The van der Waals surface area contributed by atoms with Crippen LogP contribution in [0.15, 0.2) is 53.1 Å². The lowest BCUT2D eigenvalue weighted by molar-refractivity contribution is -0.137. The molecule has 9 heteroatoms. The highest BCUT2D eigenvalue weighted by Crippen LogP contribution is 2.32. The molecule has 0 saturated heterocycles. The van der Waals surface area contributed by atoms with Gasteiger partial charge in [-0.2, -0.15) is 18.2 Å². The smallest absolute Gasteiger partial charge is 0.344 e. The number of aromatic nitrogens is 2. The first-order valence-electron chi connectivity index (χ1n) is 9.72. The van der Waals surface area contributed by atoms with E-state index in [1.54, 1.807) is 0 Å². The molecule has 1 N–H and O–H groups in total. The molecule has 2 aromatic carbocycles. The van der Waals surface area contributed by atoms with Crippen LogP contribution in [-0.4, -0.2) is 16.0 Å². The fraction of sp³-hybridized carbons (Fsp3) is 0.318. The summed E-state index contributed by atoms with van der Waals surface area (Å²) >= 11 is 0. The first kappa shape index (κ1) is 22.5. The van der Waals surface area contributed by atoms with E-state index in [2.05, 4.69) is 15.5 Å². The number of carbonyl (C=O) groups is 1. The quantitative estimate of drug-likeness (QED) is 0.509. The molecule has 1 heterocycles. The van der Waals surface area contributed by atoms with Gasteiger partial charge in [0.25, 0.3) is 0 Å². The van der Waals surface area contributed by atoms with Gasteiger partial charge in [-0.25, -0.2) is 4.39 Å². The van der Waals surface area contributed by atoms with E-state index in [1.165, 1.54) is 36.4 Å².